The number of esters is 1. The van der Waals surface area contributed by atoms with Gasteiger partial charge in [-0.15, -0.1) is 0 Å². The molecule has 0 radical (unpaired) electrons. The van der Waals surface area contributed by atoms with Crippen molar-refractivity contribution >= 4 is 22.4 Å². The summed E-state index contributed by atoms with van der Waals surface area (Å²) in [5.74, 6) is -0.299. The van der Waals surface area contributed by atoms with Gasteiger partial charge in [0.25, 0.3) is 0 Å². The first-order valence-electron chi connectivity index (χ1n) is 5.45. The molecule has 0 aromatic heterocycles. The topological polar surface area (TPSA) is 38.8 Å². The van der Waals surface area contributed by atoms with Gasteiger partial charge in [0.2, 0.25) is 0 Å². The van der Waals surface area contributed by atoms with E-state index in [-0.39, 0.29) is 5.97 Å². The monoisotopic (exact) mass is 263 g/mol. The number of carbonyl (C=O) groups excluding carboxylic acids is 1. The van der Waals surface area contributed by atoms with Crippen LogP contribution in [-0.4, -0.2) is 47.1 Å². The Kier molecular flexibility index (Phi) is 5.38. The van der Waals surface area contributed by atoms with E-state index in [1.165, 1.54) is 7.11 Å². The van der Waals surface area contributed by atoms with Gasteiger partial charge in [-0.3, -0.25) is 0 Å². The first-order valence-corrected chi connectivity index (χ1v) is 12.3. The minimum absolute atomic E-state index is 0.299. The Balaban J connectivity index is 5.25. The first kappa shape index (κ1) is 15.8. The minimum atomic E-state index is -1.62. The molecule has 1 unspecified atom stereocenters. The summed E-state index contributed by atoms with van der Waals surface area (Å²) in [6.07, 6.45) is -0.552. The second-order valence-corrected chi connectivity index (χ2v) is 15.9. The van der Waals surface area contributed by atoms with Crippen molar-refractivity contribution in [3.8, 4) is 0 Å². The van der Waals surface area contributed by atoms with Crippen LogP contribution in [-0.2, 0) is 14.3 Å². The van der Waals surface area contributed by atoms with Crippen molar-refractivity contribution in [2.75, 3.05) is 14.2 Å². The number of hydrogen-bond acceptors (Lipinski definition) is 4. The lowest BCUT2D eigenvalue weighted by Crippen LogP contribution is -2.65. The average molecular weight is 263 g/mol. The van der Waals surface area contributed by atoms with Crippen molar-refractivity contribution in [1.82, 2.24) is 4.23 Å². The highest BCUT2D eigenvalue weighted by molar-refractivity contribution is 6.89. The van der Waals surface area contributed by atoms with Crippen molar-refractivity contribution in [3.63, 3.8) is 0 Å². The van der Waals surface area contributed by atoms with Gasteiger partial charge >= 0.3 is 5.97 Å². The molecular weight excluding hydrogens is 238 g/mol. The molecule has 0 fully saturated rings. The lowest BCUT2D eigenvalue weighted by atomic mass is 10.6. The third-order valence-corrected chi connectivity index (χ3v) is 9.69. The summed E-state index contributed by atoms with van der Waals surface area (Å²) in [4.78, 5) is 11.7. The Morgan fingerprint density at radius 1 is 1.00 bits per heavy atom. The molecule has 0 spiro atoms. The summed E-state index contributed by atoms with van der Waals surface area (Å²) in [5.41, 5.74) is 0. The molecule has 0 aromatic carbocycles. The summed E-state index contributed by atoms with van der Waals surface area (Å²) in [5, 5.41) is 0. The van der Waals surface area contributed by atoms with Crippen molar-refractivity contribution in [3.05, 3.63) is 0 Å². The number of hydrogen-bond donors (Lipinski definition) is 0. The lowest BCUT2D eigenvalue weighted by molar-refractivity contribution is -0.157. The van der Waals surface area contributed by atoms with Gasteiger partial charge in [-0.1, -0.05) is 39.3 Å². The van der Waals surface area contributed by atoms with Crippen LogP contribution in [0.4, 0.5) is 0 Å². The van der Waals surface area contributed by atoms with E-state index in [9.17, 15) is 4.79 Å². The fourth-order valence-electron chi connectivity index (χ4n) is 2.12. The Morgan fingerprint density at radius 3 is 1.56 bits per heavy atom. The van der Waals surface area contributed by atoms with Gasteiger partial charge in [-0.2, -0.15) is 0 Å². The van der Waals surface area contributed by atoms with Crippen LogP contribution in [0.2, 0.25) is 39.3 Å². The summed E-state index contributed by atoms with van der Waals surface area (Å²) in [6.45, 7) is 13.3. The maximum Gasteiger partial charge on any atom is 0.349 e. The summed E-state index contributed by atoms with van der Waals surface area (Å²) >= 11 is 0. The van der Waals surface area contributed by atoms with Crippen molar-refractivity contribution in [2.24, 2.45) is 0 Å². The fourth-order valence-corrected chi connectivity index (χ4v) is 12.0. The SMILES string of the molecule is COC(=O)C(OC)N([Si](C)(C)C)[Si](C)(C)C. The van der Waals surface area contributed by atoms with Crippen LogP contribution in [0.3, 0.4) is 0 Å². The number of ether oxygens (including phenoxy) is 2. The van der Waals surface area contributed by atoms with E-state index in [1.807, 2.05) is 0 Å². The molecule has 0 aliphatic rings. The summed E-state index contributed by atoms with van der Waals surface area (Å²) < 4.78 is 12.4. The molecule has 0 saturated heterocycles. The van der Waals surface area contributed by atoms with E-state index in [4.69, 9.17) is 9.47 Å². The van der Waals surface area contributed by atoms with Crippen LogP contribution in [0, 0.1) is 0 Å². The molecule has 1 atom stereocenters. The van der Waals surface area contributed by atoms with Crippen molar-refractivity contribution in [1.29, 1.82) is 0 Å². The van der Waals surface area contributed by atoms with E-state index in [0.717, 1.165) is 0 Å². The molecule has 6 heteroatoms. The zero-order valence-corrected chi connectivity index (χ0v) is 13.7. The predicted molar refractivity (Wildman–Crippen MR) is 71.3 cm³/mol. The van der Waals surface area contributed by atoms with Crippen LogP contribution in [0.15, 0.2) is 0 Å². The molecule has 0 saturated carbocycles. The molecule has 0 aliphatic carbocycles. The van der Waals surface area contributed by atoms with Crippen LogP contribution in [0.25, 0.3) is 0 Å². The Bertz CT molecular complexity index is 231. The highest BCUT2D eigenvalue weighted by Crippen LogP contribution is 2.23. The third-order valence-electron chi connectivity index (χ3n) is 2.31. The molecule has 0 bridgehead atoms. The van der Waals surface area contributed by atoms with Crippen LogP contribution >= 0.6 is 0 Å². The van der Waals surface area contributed by atoms with E-state index < -0.39 is 22.7 Å². The zero-order valence-electron chi connectivity index (χ0n) is 11.7. The molecule has 96 valence electrons. The smallest absolute Gasteiger partial charge is 0.349 e. The van der Waals surface area contributed by atoms with Gasteiger partial charge in [0.15, 0.2) is 6.23 Å². The Morgan fingerprint density at radius 2 is 1.38 bits per heavy atom. The standard InChI is InChI=1S/C10H25NO3Si2/c1-13-9(10(12)14-2)11(15(3,4)5)16(6,7)8/h9H,1-8H3. The van der Waals surface area contributed by atoms with Gasteiger partial charge in [-0.05, 0) is 0 Å². The second-order valence-electron chi connectivity index (χ2n) is 5.82. The van der Waals surface area contributed by atoms with Gasteiger partial charge in [0, 0.05) is 7.11 Å². The quantitative estimate of drug-likeness (QED) is 0.433. The van der Waals surface area contributed by atoms with Gasteiger partial charge < -0.3 is 13.7 Å². The van der Waals surface area contributed by atoms with E-state index >= 15 is 0 Å². The van der Waals surface area contributed by atoms with Crippen LogP contribution < -0.4 is 0 Å². The van der Waals surface area contributed by atoms with Crippen molar-refractivity contribution in [2.45, 2.75) is 45.5 Å². The second kappa shape index (κ2) is 5.44. The normalized spacial score (nSPS) is 15.1. The molecule has 0 amide bonds. The molecule has 16 heavy (non-hydrogen) atoms. The summed E-state index contributed by atoms with van der Waals surface area (Å²) in [7, 11) is -0.264. The molecule has 0 heterocycles. The largest absolute Gasteiger partial charge is 0.466 e. The van der Waals surface area contributed by atoms with E-state index in [1.54, 1.807) is 7.11 Å². The fraction of sp³-hybridized carbons (Fsp3) is 0.900. The molecular formula is C10H25NO3Si2. The molecule has 0 N–H and O–H groups in total. The summed E-state index contributed by atoms with van der Waals surface area (Å²) in [6, 6.07) is 0. The molecule has 0 aromatic rings. The maximum absolute atomic E-state index is 11.7. The lowest BCUT2D eigenvalue weighted by Gasteiger charge is -2.46. The van der Waals surface area contributed by atoms with Crippen LogP contribution in [0.1, 0.15) is 0 Å². The van der Waals surface area contributed by atoms with Gasteiger partial charge in [0.1, 0.15) is 16.5 Å². The zero-order chi connectivity index (χ0) is 13.1. The number of nitrogens with zero attached hydrogens (tertiary/aromatic N) is 1. The number of carbonyl (C=O) groups is 1. The molecule has 4 nitrogen and oxygen atoms in total. The number of methoxy groups -OCH3 is 2. The highest BCUT2D eigenvalue weighted by Gasteiger charge is 2.43. The van der Waals surface area contributed by atoms with E-state index in [0.29, 0.717) is 0 Å². The molecule has 0 aliphatic heterocycles. The minimum Gasteiger partial charge on any atom is -0.466 e. The van der Waals surface area contributed by atoms with Gasteiger partial charge in [-0.25, -0.2) is 4.79 Å². The van der Waals surface area contributed by atoms with Gasteiger partial charge in [0.05, 0.1) is 7.11 Å². The predicted octanol–water partition coefficient (Wildman–Crippen LogP) is 2.10. The third kappa shape index (κ3) is 4.01. The van der Waals surface area contributed by atoms with E-state index in [2.05, 4.69) is 43.5 Å². The Labute approximate surface area is 101 Å². The first-order chi connectivity index (χ1) is 7.05. The van der Waals surface area contributed by atoms with Crippen LogP contribution in [0.5, 0.6) is 0 Å². The number of rotatable bonds is 5. The maximum atomic E-state index is 11.7. The average Bonchev–Trinajstić information content (AvgIpc) is 2.08. The van der Waals surface area contributed by atoms with Crippen molar-refractivity contribution < 1.29 is 14.3 Å². The Hall–Kier alpha value is -0.176. The molecule has 0 rings (SSSR count). The highest BCUT2D eigenvalue weighted by atomic mass is 28.4.